The Morgan fingerprint density at radius 3 is 2.32 bits per heavy atom. The molecule has 0 unspecified atom stereocenters. The lowest BCUT2D eigenvalue weighted by atomic mass is 10.1. The molecule has 31 heavy (non-hydrogen) atoms. The molecule has 0 spiro atoms. The molecule has 1 heterocycles. The minimum atomic E-state index is -0.00161. The van der Waals surface area contributed by atoms with Gasteiger partial charge in [0, 0.05) is 45.5 Å². The minimum Gasteiger partial charge on any atom is -0.352 e. The van der Waals surface area contributed by atoms with Gasteiger partial charge in [0.25, 0.3) is 5.91 Å². The van der Waals surface area contributed by atoms with E-state index >= 15 is 0 Å². The van der Waals surface area contributed by atoms with Gasteiger partial charge in [-0.15, -0.1) is 0 Å². The van der Waals surface area contributed by atoms with Crippen LogP contribution in [0.5, 0.6) is 0 Å². The molecule has 0 saturated heterocycles. The summed E-state index contributed by atoms with van der Waals surface area (Å²) in [5.41, 5.74) is 6.03. The Bertz CT molecular complexity index is 1070. The highest BCUT2D eigenvalue weighted by Crippen LogP contribution is 2.17. The molecule has 2 aromatic carbocycles. The van der Waals surface area contributed by atoms with Gasteiger partial charge in [-0.3, -0.25) is 9.79 Å². The average Bonchev–Trinajstić information content (AvgIpc) is 3.11. The number of carbonyl (C=O) groups is 1. The van der Waals surface area contributed by atoms with E-state index in [0.717, 1.165) is 28.2 Å². The zero-order valence-corrected chi connectivity index (χ0v) is 18.8. The van der Waals surface area contributed by atoms with Crippen molar-refractivity contribution in [2.24, 2.45) is 4.99 Å². The predicted molar refractivity (Wildman–Crippen MR) is 125 cm³/mol. The molecule has 0 aliphatic rings. The van der Waals surface area contributed by atoms with Gasteiger partial charge in [-0.05, 0) is 49.2 Å². The molecular weight excluding hydrogens is 388 g/mol. The Labute approximate surface area is 183 Å². The van der Waals surface area contributed by atoms with Crippen LogP contribution in [-0.4, -0.2) is 47.7 Å². The molecule has 0 aliphatic heterocycles. The standard InChI is InChI=1S/C24H30N6O/c1-17-14-18(2)30(28-17)22-9-7-6-8-21(22)16-27-24(25-3)26-15-19-10-12-20(13-11-19)23(31)29(4)5/h6-14H,15-16H2,1-5H3,(H2,25,26,27). The first-order valence-corrected chi connectivity index (χ1v) is 10.3. The van der Waals surface area contributed by atoms with Crippen LogP contribution in [0.15, 0.2) is 59.6 Å². The van der Waals surface area contributed by atoms with Crippen LogP contribution in [0.2, 0.25) is 0 Å². The van der Waals surface area contributed by atoms with Crippen LogP contribution in [0.25, 0.3) is 5.69 Å². The maximum Gasteiger partial charge on any atom is 0.253 e. The topological polar surface area (TPSA) is 74.6 Å². The summed E-state index contributed by atoms with van der Waals surface area (Å²) in [5.74, 6) is 0.704. The van der Waals surface area contributed by atoms with E-state index in [4.69, 9.17) is 0 Å². The van der Waals surface area contributed by atoms with Crippen molar-refractivity contribution in [3.63, 3.8) is 0 Å². The maximum absolute atomic E-state index is 12.0. The van der Waals surface area contributed by atoms with E-state index < -0.39 is 0 Å². The van der Waals surface area contributed by atoms with Gasteiger partial charge in [0.05, 0.1) is 11.4 Å². The molecule has 0 saturated carbocycles. The molecule has 162 valence electrons. The monoisotopic (exact) mass is 418 g/mol. The first-order chi connectivity index (χ1) is 14.9. The van der Waals surface area contributed by atoms with Crippen LogP contribution in [0.4, 0.5) is 0 Å². The van der Waals surface area contributed by atoms with Crippen molar-refractivity contribution in [1.82, 2.24) is 25.3 Å². The highest BCUT2D eigenvalue weighted by atomic mass is 16.2. The van der Waals surface area contributed by atoms with Gasteiger partial charge in [-0.2, -0.15) is 5.10 Å². The van der Waals surface area contributed by atoms with Crippen molar-refractivity contribution >= 4 is 11.9 Å². The van der Waals surface area contributed by atoms with Crippen LogP contribution < -0.4 is 10.6 Å². The van der Waals surface area contributed by atoms with E-state index in [1.165, 1.54) is 0 Å². The predicted octanol–water partition coefficient (Wildman–Crippen LogP) is 3.06. The van der Waals surface area contributed by atoms with Gasteiger partial charge in [0.1, 0.15) is 0 Å². The number of aliphatic imine (C=N–C) groups is 1. The second-order valence-corrected chi connectivity index (χ2v) is 7.64. The second-order valence-electron chi connectivity index (χ2n) is 7.64. The quantitative estimate of drug-likeness (QED) is 0.477. The molecule has 1 aromatic heterocycles. The summed E-state index contributed by atoms with van der Waals surface area (Å²) in [5, 5.41) is 11.3. The molecule has 7 nitrogen and oxygen atoms in total. The number of carbonyl (C=O) groups excluding carboxylic acids is 1. The third-order valence-electron chi connectivity index (χ3n) is 4.97. The molecule has 7 heteroatoms. The third kappa shape index (κ3) is 5.51. The van der Waals surface area contributed by atoms with Crippen LogP contribution in [-0.2, 0) is 13.1 Å². The van der Waals surface area contributed by atoms with Crippen molar-refractivity contribution in [3.8, 4) is 5.69 Å². The first kappa shape index (κ1) is 22.1. The molecule has 1 amide bonds. The molecule has 0 fully saturated rings. The molecule has 2 N–H and O–H groups in total. The fraction of sp³-hybridized carbons (Fsp3) is 0.292. The number of rotatable bonds is 6. The highest BCUT2D eigenvalue weighted by molar-refractivity contribution is 5.93. The molecule has 0 atom stereocenters. The number of amides is 1. The Hall–Kier alpha value is -3.61. The average molecular weight is 419 g/mol. The summed E-state index contributed by atoms with van der Waals surface area (Å²) < 4.78 is 1.97. The lowest BCUT2D eigenvalue weighted by molar-refractivity contribution is 0.0827. The number of nitrogens with one attached hydrogen (secondary N) is 2. The fourth-order valence-electron chi connectivity index (χ4n) is 3.35. The van der Waals surface area contributed by atoms with Crippen LogP contribution in [0.3, 0.4) is 0 Å². The summed E-state index contributed by atoms with van der Waals surface area (Å²) in [6.45, 7) is 5.28. The summed E-state index contributed by atoms with van der Waals surface area (Å²) in [6.07, 6.45) is 0. The third-order valence-corrected chi connectivity index (χ3v) is 4.97. The normalized spacial score (nSPS) is 11.3. The van der Waals surface area contributed by atoms with E-state index in [2.05, 4.69) is 45.8 Å². The Kier molecular flexibility index (Phi) is 7.07. The molecule has 3 rings (SSSR count). The van der Waals surface area contributed by atoms with E-state index in [1.807, 2.05) is 48.0 Å². The smallest absolute Gasteiger partial charge is 0.253 e. The number of guanidine groups is 1. The number of hydrogen-bond acceptors (Lipinski definition) is 3. The van der Waals surface area contributed by atoms with Gasteiger partial charge in [0.2, 0.25) is 0 Å². The van der Waals surface area contributed by atoms with Gasteiger partial charge in [0.15, 0.2) is 5.96 Å². The fourth-order valence-corrected chi connectivity index (χ4v) is 3.35. The van der Waals surface area contributed by atoms with Gasteiger partial charge in [-0.1, -0.05) is 30.3 Å². The summed E-state index contributed by atoms with van der Waals surface area (Å²) in [4.78, 5) is 17.9. The van der Waals surface area contributed by atoms with E-state index in [-0.39, 0.29) is 5.91 Å². The van der Waals surface area contributed by atoms with Gasteiger partial charge < -0.3 is 15.5 Å². The zero-order chi connectivity index (χ0) is 22.4. The minimum absolute atomic E-state index is 0.00161. The Morgan fingerprint density at radius 1 is 1.03 bits per heavy atom. The molecule has 0 bridgehead atoms. The Balaban J connectivity index is 1.62. The number of aryl methyl sites for hydroxylation is 2. The zero-order valence-electron chi connectivity index (χ0n) is 18.8. The second kappa shape index (κ2) is 9.93. The van der Waals surface area contributed by atoms with Crippen molar-refractivity contribution in [2.75, 3.05) is 21.1 Å². The van der Waals surface area contributed by atoms with Crippen molar-refractivity contribution < 1.29 is 4.79 Å². The van der Waals surface area contributed by atoms with Crippen molar-refractivity contribution in [3.05, 3.63) is 82.7 Å². The van der Waals surface area contributed by atoms with Crippen molar-refractivity contribution in [1.29, 1.82) is 0 Å². The number of nitrogens with zero attached hydrogens (tertiary/aromatic N) is 4. The number of hydrogen-bond donors (Lipinski definition) is 2. The van der Waals surface area contributed by atoms with Gasteiger partial charge >= 0.3 is 0 Å². The molecule has 0 radical (unpaired) electrons. The van der Waals surface area contributed by atoms with Crippen LogP contribution in [0.1, 0.15) is 32.9 Å². The summed E-state index contributed by atoms with van der Waals surface area (Å²) >= 11 is 0. The van der Waals surface area contributed by atoms with Gasteiger partial charge in [-0.25, -0.2) is 4.68 Å². The number of benzene rings is 2. The lowest BCUT2D eigenvalue weighted by Crippen LogP contribution is -2.36. The summed E-state index contributed by atoms with van der Waals surface area (Å²) in [7, 11) is 5.25. The number of aromatic nitrogens is 2. The highest BCUT2D eigenvalue weighted by Gasteiger charge is 2.10. The van der Waals surface area contributed by atoms with E-state index in [1.54, 1.807) is 26.0 Å². The first-order valence-electron chi connectivity index (χ1n) is 10.3. The molecule has 0 aliphatic carbocycles. The van der Waals surface area contributed by atoms with Crippen LogP contribution in [0, 0.1) is 13.8 Å². The SMILES string of the molecule is CN=C(NCc1ccc(C(=O)N(C)C)cc1)NCc1ccccc1-n1nc(C)cc1C. The molecular formula is C24H30N6O. The number of para-hydroxylation sites is 1. The maximum atomic E-state index is 12.0. The largest absolute Gasteiger partial charge is 0.352 e. The Morgan fingerprint density at radius 2 is 1.71 bits per heavy atom. The molecule has 3 aromatic rings. The van der Waals surface area contributed by atoms with Crippen LogP contribution >= 0.6 is 0 Å². The summed E-state index contributed by atoms with van der Waals surface area (Å²) in [6, 6.07) is 17.9. The van der Waals surface area contributed by atoms with Crippen molar-refractivity contribution in [2.45, 2.75) is 26.9 Å². The van der Waals surface area contributed by atoms with E-state index in [9.17, 15) is 4.79 Å². The lowest BCUT2D eigenvalue weighted by Gasteiger charge is -2.15. The van der Waals surface area contributed by atoms with E-state index in [0.29, 0.717) is 24.6 Å².